The summed E-state index contributed by atoms with van der Waals surface area (Å²) in [6.45, 7) is 4.99. The van der Waals surface area contributed by atoms with E-state index in [4.69, 9.17) is 0 Å². The van der Waals surface area contributed by atoms with Gasteiger partial charge in [-0.1, -0.05) is 18.2 Å². The molecule has 3 heterocycles. The van der Waals surface area contributed by atoms with E-state index in [9.17, 15) is 14.4 Å². The number of benzene rings is 1. The van der Waals surface area contributed by atoms with Crippen LogP contribution in [-0.4, -0.2) is 31.1 Å². The predicted molar refractivity (Wildman–Crippen MR) is 110 cm³/mol. The highest BCUT2D eigenvalue weighted by atomic mass is 32.1. The number of ketones is 1. The Balaban J connectivity index is 1.69. The zero-order valence-electron chi connectivity index (χ0n) is 16.0. The van der Waals surface area contributed by atoms with E-state index in [1.165, 1.54) is 11.3 Å². The van der Waals surface area contributed by atoms with Crippen LogP contribution in [0.1, 0.15) is 27.6 Å². The molecule has 29 heavy (non-hydrogen) atoms. The van der Waals surface area contributed by atoms with Crippen LogP contribution in [0.5, 0.6) is 0 Å². The van der Waals surface area contributed by atoms with Gasteiger partial charge in [-0.05, 0) is 44.4 Å². The fraction of sp³-hybridized carbons (Fsp3) is 0.150. The lowest BCUT2D eigenvalue weighted by atomic mass is 10.1. The minimum atomic E-state index is -0.926. The maximum Gasteiger partial charge on any atom is 0.311 e. The van der Waals surface area contributed by atoms with Crippen LogP contribution in [-0.2, 0) is 4.79 Å². The lowest BCUT2D eigenvalue weighted by molar-refractivity contribution is -0.113. The maximum absolute atomic E-state index is 12.9. The number of thiophene rings is 1. The van der Waals surface area contributed by atoms with Gasteiger partial charge in [0.15, 0.2) is 0 Å². The molecule has 8 nitrogen and oxygen atoms in total. The largest absolute Gasteiger partial charge is 0.311 e. The highest BCUT2D eigenvalue weighted by molar-refractivity contribution is 7.16. The molecule has 0 aliphatic carbocycles. The molecule has 0 aliphatic rings. The molecule has 0 radical (unpaired) electrons. The van der Waals surface area contributed by atoms with Crippen molar-refractivity contribution in [1.82, 2.24) is 19.4 Å². The molecule has 0 atom stereocenters. The summed E-state index contributed by atoms with van der Waals surface area (Å²) in [4.78, 5) is 43.0. The molecule has 0 fully saturated rings. The van der Waals surface area contributed by atoms with Crippen LogP contribution in [0, 0.1) is 20.8 Å². The fourth-order valence-electron chi connectivity index (χ4n) is 3.20. The van der Waals surface area contributed by atoms with Crippen LogP contribution in [0.15, 0.2) is 46.6 Å². The van der Waals surface area contributed by atoms with Crippen molar-refractivity contribution in [2.75, 3.05) is 5.43 Å². The number of nitrogens with one attached hydrogen (secondary N) is 1. The molecule has 1 N–H and O–H groups in total. The third-order valence-corrected chi connectivity index (χ3v) is 5.41. The molecule has 1 aromatic carbocycles. The van der Waals surface area contributed by atoms with E-state index in [-0.39, 0.29) is 5.56 Å². The summed E-state index contributed by atoms with van der Waals surface area (Å²) in [6, 6.07) is 11.0. The third-order valence-electron chi connectivity index (χ3n) is 4.60. The monoisotopic (exact) mass is 407 g/mol. The highest BCUT2D eigenvalue weighted by Crippen LogP contribution is 2.19. The molecule has 4 rings (SSSR count). The van der Waals surface area contributed by atoms with Gasteiger partial charge in [-0.3, -0.25) is 19.8 Å². The molecular formula is C20H17N5O3S. The lowest BCUT2D eigenvalue weighted by Gasteiger charge is -2.10. The Morgan fingerprint density at radius 2 is 1.79 bits per heavy atom. The van der Waals surface area contributed by atoms with Crippen molar-refractivity contribution in [3.63, 3.8) is 0 Å². The molecule has 1 amide bonds. The average Bonchev–Trinajstić information content (AvgIpc) is 3.29. The van der Waals surface area contributed by atoms with Crippen molar-refractivity contribution in [2.45, 2.75) is 20.8 Å². The van der Waals surface area contributed by atoms with Gasteiger partial charge >= 0.3 is 5.91 Å². The Morgan fingerprint density at radius 1 is 1.07 bits per heavy atom. The molecule has 3 aromatic heterocycles. The van der Waals surface area contributed by atoms with Crippen LogP contribution in [0.4, 0.5) is 0 Å². The van der Waals surface area contributed by atoms with Gasteiger partial charge in [0.1, 0.15) is 10.7 Å². The normalized spacial score (nSPS) is 11.0. The number of rotatable bonds is 4. The Hall–Kier alpha value is -3.59. The molecule has 0 spiro atoms. The second-order valence-corrected chi connectivity index (χ2v) is 7.40. The van der Waals surface area contributed by atoms with E-state index in [1.54, 1.807) is 36.9 Å². The van der Waals surface area contributed by atoms with E-state index in [0.29, 0.717) is 27.4 Å². The zero-order chi connectivity index (χ0) is 20.7. The molecule has 0 aliphatic heterocycles. The van der Waals surface area contributed by atoms with E-state index in [0.717, 1.165) is 10.4 Å². The standard InChI is InChI=1S/C20H17N5O3S/c1-11-16(12(2)24(22-11)14-7-5-4-6-8-14)17(26)18(27)23-25-13(3)21-19-15(20(25)28)9-10-29-19/h4-10H,1-3H3,(H,23,27). The van der Waals surface area contributed by atoms with Crippen LogP contribution in [0.25, 0.3) is 15.9 Å². The summed E-state index contributed by atoms with van der Waals surface area (Å²) in [5, 5.41) is 6.53. The van der Waals surface area contributed by atoms with Crippen LogP contribution in [0.2, 0.25) is 0 Å². The number of hydrogen-bond acceptors (Lipinski definition) is 6. The topological polar surface area (TPSA) is 98.9 Å². The number of fused-ring (bicyclic) bond motifs is 1. The van der Waals surface area contributed by atoms with Crippen LogP contribution < -0.4 is 11.0 Å². The van der Waals surface area contributed by atoms with E-state index in [2.05, 4.69) is 15.5 Å². The molecular weight excluding hydrogens is 390 g/mol. The van der Waals surface area contributed by atoms with Gasteiger partial charge in [0.2, 0.25) is 0 Å². The Kier molecular flexibility index (Phi) is 4.59. The van der Waals surface area contributed by atoms with Crippen molar-refractivity contribution >= 4 is 33.2 Å². The molecule has 4 aromatic rings. The first-order valence-corrected chi connectivity index (χ1v) is 9.70. The number of Topliss-reactive ketones (excluding diaryl/α,β-unsaturated/α-hetero) is 1. The number of amides is 1. The summed E-state index contributed by atoms with van der Waals surface area (Å²) in [6.07, 6.45) is 0. The minimum Gasteiger partial charge on any atom is -0.283 e. The second kappa shape index (κ2) is 7.10. The molecule has 0 unspecified atom stereocenters. The summed E-state index contributed by atoms with van der Waals surface area (Å²) >= 11 is 1.34. The number of hydrogen-bond donors (Lipinski definition) is 1. The van der Waals surface area contributed by atoms with Crippen molar-refractivity contribution in [1.29, 1.82) is 0 Å². The third kappa shape index (κ3) is 3.15. The Morgan fingerprint density at radius 3 is 2.52 bits per heavy atom. The SMILES string of the molecule is Cc1nn(-c2ccccc2)c(C)c1C(=O)C(=O)Nn1c(C)nc2sccc2c1=O. The highest BCUT2D eigenvalue weighted by Gasteiger charge is 2.26. The van der Waals surface area contributed by atoms with Gasteiger partial charge in [-0.25, -0.2) is 14.3 Å². The van der Waals surface area contributed by atoms with Gasteiger partial charge < -0.3 is 0 Å². The summed E-state index contributed by atoms with van der Waals surface area (Å²) in [5.41, 5.74) is 3.93. The van der Waals surface area contributed by atoms with E-state index in [1.807, 2.05) is 30.3 Å². The average molecular weight is 407 g/mol. The van der Waals surface area contributed by atoms with Gasteiger partial charge in [0, 0.05) is 0 Å². The van der Waals surface area contributed by atoms with Crippen LogP contribution in [0.3, 0.4) is 0 Å². The van der Waals surface area contributed by atoms with Crippen molar-refractivity contribution in [2.24, 2.45) is 0 Å². The van der Waals surface area contributed by atoms with Crippen LogP contribution >= 0.6 is 11.3 Å². The predicted octanol–water partition coefficient (Wildman–Crippen LogP) is 2.52. The summed E-state index contributed by atoms with van der Waals surface area (Å²) < 4.78 is 2.62. The quantitative estimate of drug-likeness (QED) is 0.414. The molecule has 0 bridgehead atoms. The van der Waals surface area contributed by atoms with Gasteiger partial charge in [-0.15, -0.1) is 11.3 Å². The van der Waals surface area contributed by atoms with E-state index < -0.39 is 17.2 Å². The van der Waals surface area contributed by atoms with Crippen molar-refractivity contribution in [3.8, 4) is 5.69 Å². The summed E-state index contributed by atoms with van der Waals surface area (Å²) in [7, 11) is 0. The van der Waals surface area contributed by atoms with Crippen molar-refractivity contribution < 1.29 is 9.59 Å². The number of carbonyl (C=O) groups excluding carboxylic acids is 2. The number of carbonyl (C=O) groups is 2. The number of aromatic nitrogens is 4. The molecule has 0 saturated heterocycles. The first kappa shape index (κ1) is 18.8. The first-order valence-electron chi connectivity index (χ1n) is 8.82. The lowest BCUT2D eigenvalue weighted by Crippen LogP contribution is -2.38. The molecule has 9 heteroatoms. The Labute approximate surface area is 169 Å². The smallest absolute Gasteiger partial charge is 0.283 e. The minimum absolute atomic E-state index is 0.210. The molecule has 0 saturated carbocycles. The van der Waals surface area contributed by atoms with Gasteiger partial charge in [0.25, 0.3) is 11.3 Å². The van der Waals surface area contributed by atoms with Gasteiger partial charge in [0.05, 0.1) is 28.0 Å². The van der Waals surface area contributed by atoms with E-state index >= 15 is 0 Å². The van der Waals surface area contributed by atoms with Crippen molar-refractivity contribution in [3.05, 3.63) is 74.9 Å². The zero-order valence-corrected chi connectivity index (χ0v) is 16.8. The number of nitrogens with zero attached hydrogens (tertiary/aromatic N) is 4. The maximum atomic E-state index is 12.9. The number of aryl methyl sites for hydroxylation is 2. The fourth-order valence-corrected chi connectivity index (χ4v) is 4.00. The Bertz CT molecular complexity index is 1320. The second-order valence-electron chi connectivity index (χ2n) is 6.50. The van der Waals surface area contributed by atoms with Gasteiger partial charge in [-0.2, -0.15) is 5.10 Å². The number of para-hydroxylation sites is 1. The summed E-state index contributed by atoms with van der Waals surface area (Å²) in [5.74, 6) is -1.40. The molecule has 146 valence electrons. The first-order chi connectivity index (χ1) is 13.9.